The number of halogens is 1. The molecule has 100 valence electrons. The second-order valence-corrected chi connectivity index (χ2v) is 4.73. The number of amides is 1. The van der Waals surface area contributed by atoms with Crippen LogP contribution >= 0.6 is 12.4 Å². The van der Waals surface area contributed by atoms with Crippen LogP contribution in [0.1, 0.15) is 24.8 Å². The summed E-state index contributed by atoms with van der Waals surface area (Å²) in [5, 5.41) is 0. The van der Waals surface area contributed by atoms with Gasteiger partial charge in [0.05, 0.1) is 0 Å². The van der Waals surface area contributed by atoms with Crippen molar-refractivity contribution in [3.05, 3.63) is 35.9 Å². The predicted octanol–water partition coefficient (Wildman–Crippen LogP) is 1.99. The Hall–Kier alpha value is -1.06. The summed E-state index contributed by atoms with van der Waals surface area (Å²) in [7, 11) is 0. The summed E-state index contributed by atoms with van der Waals surface area (Å²) in [6.07, 6.45) is 3.50. The quantitative estimate of drug-likeness (QED) is 0.911. The van der Waals surface area contributed by atoms with Crippen LogP contribution in [0.15, 0.2) is 30.3 Å². The molecule has 3 nitrogen and oxygen atoms in total. The molecule has 4 heteroatoms. The van der Waals surface area contributed by atoms with E-state index in [0.717, 1.165) is 32.4 Å². The molecule has 2 N–H and O–H groups in total. The zero-order chi connectivity index (χ0) is 12.1. The van der Waals surface area contributed by atoms with E-state index in [1.54, 1.807) is 0 Å². The molecule has 1 fully saturated rings. The highest BCUT2D eigenvalue weighted by Crippen LogP contribution is 2.11. The molecule has 18 heavy (non-hydrogen) atoms. The third kappa shape index (κ3) is 4.31. The molecule has 1 aromatic rings. The highest BCUT2D eigenvalue weighted by molar-refractivity contribution is 5.85. The van der Waals surface area contributed by atoms with Crippen molar-refractivity contribution in [3.8, 4) is 0 Å². The van der Waals surface area contributed by atoms with Crippen LogP contribution in [0.4, 0.5) is 0 Å². The number of hydrogen-bond acceptors (Lipinski definition) is 2. The van der Waals surface area contributed by atoms with Gasteiger partial charge in [0.25, 0.3) is 0 Å². The number of carbonyl (C=O) groups is 1. The molecule has 0 unspecified atom stereocenters. The van der Waals surface area contributed by atoms with Gasteiger partial charge in [-0.15, -0.1) is 12.4 Å². The van der Waals surface area contributed by atoms with Crippen LogP contribution in [0.5, 0.6) is 0 Å². The molecule has 0 spiro atoms. The second kappa shape index (κ2) is 7.39. The van der Waals surface area contributed by atoms with Crippen LogP contribution in [0.2, 0.25) is 0 Å². The van der Waals surface area contributed by atoms with Gasteiger partial charge in [-0.05, 0) is 24.8 Å². The first kappa shape index (κ1) is 15.0. The van der Waals surface area contributed by atoms with Gasteiger partial charge in [-0.3, -0.25) is 4.79 Å². The van der Waals surface area contributed by atoms with Crippen molar-refractivity contribution < 1.29 is 4.79 Å². The van der Waals surface area contributed by atoms with Crippen LogP contribution < -0.4 is 5.73 Å². The lowest BCUT2D eigenvalue weighted by atomic mass is 10.0. The van der Waals surface area contributed by atoms with Gasteiger partial charge < -0.3 is 10.6 Å². The van der Waals surface area contributed by atoms with Crippen LogP contribution in [-0.4, -0.2) is 29.9 Å². The van der Waals surface area contributed by atoms with Crippen LogP contribution in [-0.2, 0) is 11.2 Å². The predicted molar refractivity (Wildman–Crippen MR) is 75.8 cm³/mol. The SMILES string of the molecule is Cl.N[C@@H]1CCCN(C(=O)CCc2ccccc2)C1. The van der Waals surface area contributed by atoms with Crippen molar-refractivity contribution in [1.82, 2.24) is 4.90 Å². The second-order valence-electron chi connectivity index (χ2n) is 4.73. The zero-order valence-corrected chi connectivity index (χ0v) is 11.4. The average molecular weight is 269 g/mol. The van der Waals surface area contributed by atoms with Crippen LogP contribution in [0.3, 0.4) is 0 Å². The molecule has 0 saturated carbocycles. The van der Waals surface area contributed by atoms with Gasteiger partial charge in [0.2, 0.25) is 5.91 Å². The third-order valence-electron chi connectivity index (χ3n) is 3.28. The molecule has 1 aliphatic heterocycles. The van der Waals surface area contributed by atoms with Gasteiger partial charge in [-0.2, -0.15) is 0 Å². The summed E-state index contributed by atoms with van der Waals surface area (Å²) in [4.78, 5) is 13.9. The Morgan fingerprint density at radius 3 is 2.72 bits per heavy atom. The third-order valence-corrected chi connectivity index (χ3v) is 3.28. The Bertz CT molecular complexity index is 369. The summed E-state index contributed by atoms with van der Waals surface area (Å²) in [6, 6.07) is 10.3. The minimum atomic E-state index is 0. The lowest BCUT2D eigenvalue weighted by molar-refractivity contribution is -0.132. The van der Waals surface area contributed by atoms with Crippen molar-refractivity contribution >= 4 is 18.3 Å². The van der Waals surface area contributed by atoms with Gasteiger partial charge in [0.15, 0.2) is 0 Å². The lowest BCUT2D eigenvalue weighted by Crippen LogP contribution is -2.45. The molecular weight excluding hydrogens is 248 g/mol. The molecular formula is C14H21ClN2O. The molecule has 0 radical (unpaired) electrons. The number of benzene rings is 1. The molecule has 1 aliphatic rings. The van der Waals surface area contributed by atoms with Crippen molar-refractivity contribution in [2.24, 2.45) is 5.73 Å². The first-order valence-electron chi connectivity index (χ1n) is 6.33. The summed E-state index contributed by atoms with van der Waals surface area (Å²) >= 11 is 0. The maximum Gasteiger partial charge on any atom is 0.222 e. The van der Waals surface area contributed by atoms with Gasteiger partial charge in [0, 0.05) is 25.6 Å². The van der Waals surface area contributed by atoms with E-state index in [0.29, 0.717) is 6.42 Å². The van der Waals surface area contributed by atoms with E-state index in [1.807, 2.05) is 23.1 Å². The maximum absolute atomic E-state index is 12.0. The molecule has 2 rings (SSSR count). The Kier molecular flexibility index (Phi) is 6.16. The topological polar surface area (TPSA) is 46.3 Å². The van der Waals surface area contributed by atoms with Gasteiger partial charge in [0.1, 0.15) is 0 Å². The van der Waals surface area contributed by atoms with E-state index >= 15 is 0 Å². The zero-order valence-electron chi connectivity index (χ0n) is 10.5. The highest BCUT2D eigenvalue weighted by atomic mass is 35.5. The van der Waals surface area contributed by atoms with Crippen LogP contribution in [0.25, 0.3) is 0 Å². The molecule has 0 aromatic heterocycles. The molecule has 0 bridgehead atoms. The molecule has 1 atom stereocenters. The normalized spacial score (nSPS) is 19.2. The maximum atomic E-state index is 12.0. The number of hydrogen-bond donors (Lipinski definition) is 1. The average Bonchev–Trinajstić information content (AvgIpc) is 2.37. The minimum absolute atomic E-state index is 0. The minimum Gasteiger partial charge on any atom is -0.341 e. The fourth-order valence-corrected chi connectivity index (χ4v) is 2.29. The highest BCUT2D eigenvalue weighted by Gasteiger charge is 2.20. The largest absolute Gasteiger partial charge is 0.341 e. The lowest BCUT2D eigenvalue weighted by Gasteiger charge is -2.30. The Balaban J connectivity index is 0.00000162. The molecule has 1 aromatic carbocycles. The smallest absolute Gasteiger partial charge is 0.222 e. The first-order valence-corrected chi connectivity index (χ1v) is 6.33. The number of rotatable bonds is 3. The van der Waals surface area contributed by atoms with E-state index < -0.39 is 0 Å². The molecule has 0 aliphatic carbocycles. The number of likely N-dealkylation sites (tertiary alicyclic amines) is 1. The summed E-state index contributed by atoms with van der Waals surface area (Å²) in [5.41, 5.74) is 7.10. The van der Waals surface area contributed by atoms with Crippen molar-refractivity contribution in [2.45, 2.75) is 31.7 Å². The van der Waals surface area contributed by atoms with E-state index in [1.165, 1.54) is 5.56 Å². The van der Waals surface area contributed by atoms with E-state index in [9.17, 15) is 4.79 Å². The fourth-order valence-electron chi connectivity index (χ4n) is 2.29. The standard InChI is InChI=1S/C14H20N2O.ClH/c15-13-7-4-10-16(11-13)14(17)9-8-12-5-2-1-3-6-12;/h1-3,5-6,13H,4,7-11,15H2;1H/t13-;/m1./s1. The molecule has 1 heterocycles. The van der Waals surface area contributed by atoms with Gasteiger partial charge >= 0.3 is 0 Å². The monoisotopic (exact) mass is 268 g/mol. The van der Waals surface area contributed by atoms with Crippen LogP contribution in [0, 0.1) is 0 Å². The van der Waals surface area contributed by atoms with E-state index in [2.05, 4.69) is 12.1 Å². The summed E-state index contributed by atoms with van der Waals surface area (Å²) in [6.45, 7) is 1.61. The van der Waals surface area contributed by atoms with Crippen molar-refractivity contribution in [1.29, 1.82) is 0 Å². The fraction of sp³-hybridized carbons (Fsp3) is 0.500. The summed E-state index contributed by atoms with van der Waals surface area (Å²) in [5.74, 6) is 0.240. The number of aryl methyl sites for hydroxylation is 1. The number of piperidine rings is 1. The van der Waals surface area contributed by atoms with Crippen molar-refractivity contribution in [3.63, 3.8) is 0 Å². The Morgan fingerprint density at radius 1 is 1.33 bits per heavy atom. The number of nitrogens with two attached hydrogens (primary N) is 1. The number of carbonyl (C=O) groups excluding carboxylic acids is 1. The number of nitrogens with zero attached hydrogens (tertiary/aromatic N) is 1. The Labute approximate surface area is 115 Å². The summed E-state index contributed by atoms with van der Waals surface area (Å²) < 4.78 is 0. The van der Waals surface area contributed by atoms with Gasteiger partial charge in [-0.1, -0.05) is 30.3 Å². The Morgan fingerprint density at radius 2 is 2.06 bits per heavy atom. The van der Waals surface area contributed by atoms with Crippen molar-refractivity contribution in [2.75, 3.05) is 13.1 Å². The van der Waals surface area contributed by atoms with Gasteiger partial charge in [-0.25, -0.2) is 0 Å². The molecule has 1 saturated heterocycles. The molecule has 1 amide bonds. The van der Waals surface area contributed by atoms with E-state index in [-0.39, 0.29) is 24.4 Å². The first-order chi connectivity index (χ1) is 8.25. The van der Waals surface area contributed by atoms with E-state index in [4.69, 9.17) is 5.73 Å².